The SMILES string of the molecule is CCOP(=O)(C/C=C/C1OCCO1)OCC. The van der Waals surface area contributed by atoms with Crippen molar-refractivity contribution in [2.45, 2.75) is 20.1 Å². The van der Waals surface area contributed by atoms with Gasteiger partial charge in [0.05, 0.1) is 32.6 Å². The average Bonchev–Trinajstić information content (AvgIpc) is 2.71. The quantitative estimate of drug-likeness (QED) is 0.512. The lowest BCUT2D eigenvalue weighted by atomic mass is 10.5. The highest BCUT2D eigenvalue weighted by Crippen LogP contribution is 2.47. The molecule has 0 amide bonds. The Labute approximate surface area is 96.2 Å². The summed E-state index contributed by atoms with van der Waals surface area (Å²) >= 11 is 0. The molecule has 0 aromatic carbocycles. The maximum Gasteiger partial charge on any atom is 0.334 e. The molecule has 0 aliphatic carbocycles. The molecule has 0 bridgehead atoms. The minimum atomic E-state index is -2.97. The predicted octanol–water partition coefficient (Wildman–Crippen LogP) is 2.18. The summed E-state index contributed by atoms with van der Waals surface area (Å²) in [6, 6.07) is 0. The molecule has 16 heavy (non-hydrogen) atoms. The van der Waals surface area contributed by atoms with Gasteiger partial charge in [-0.3, -0.25) is 4.57 Å². The summed E-state index contributed by atoms with van der Waals surface area (Å²) in [5.74, 6) is 0. The predicted molar refractivity (Wildman–Crippen MR) is 60.6 cm³/mol. The average molecular weight is 250 g/mol. The number of hydrogen-bond donors (Lipinski definition) is 0. The van der Waals surface area contributed by atoms with Gasteiger partial charge in [0, 0.05) is 0 Å². The molecule has 1 fully saturated rings. The Balaban J connectivity index is 2.39. The van der Waals surface area contributed by atoms with Gasteiger partial charge in [-0.25, -0.2) is 0 Å². The fourth-order valence-corrected chi connectivity index (χ4v) is 2.78. The first-order valence-corrected chi connectivity index (χ1v) is 7.21. The van der Waals surface area contributed by atoms with Gasteiger partial charge in [0.2, 0.25) is 0 Å². The zero-order valence-corrected chi connectivity index (χ0v) is 10.7. The van der Waals surface area contributed by atoms with Crippen LogP contribution in [-0.4, -0.2) is 38.9 Å². The van der Waals surface area contributed by atoms with Crippen molar-refractivity contribution in [3.05, 3.63) is 12.2 Å². The second kappa shape index (κ2) is 7.20. The highest BCUT2D eigenvalue weighted by atomic mass is 31.2. The lowest BCUT2D eigenvalue weighted by Crippen LogP contribution is -2.03. The van der Waals surface area contributed by atoms with Gasteiger partial charge < -0.3 is 18.5 Å². The molecule has 0 radical (unpaired) electrons. The smallest absolute Gasteiger partial charge is 0.334 e. The molecule has 5 nitrogen and oxygen atoms in total. The van der Waals surface area contributed by atoms with Crippen LogP contribution in [0.25, 0.3) is 0 Å². The molecular weight excluding hydrogens is 231 g/mol. The zero-order chi connectivity index (χ0) is 11.9. The Kier molecular flexibility index (Phi) is 6.24. The van der Waals surface area contributed by atoms with Gasteiger partial charge in [0.25, 0.3) is 0 Å². The summed E-state index contributed by atoms with van der Waals surface area (Å²) in [6.45, 7) is 5.54. The van der Waals surface area contributed by atoms with E-state index < -0.39 is 7.60 Å². The van der Waals surface area contributed by atoms with Gasteiger partial charge in [-0.05, 0) is 19.9 Å². The highest BCUT2D eigenvalue weighted by Gasteiger charge is 2.21. The minimum absolute atomic E-state index is 0.248. The molecular formula is C10H19O5P. The monoisotopic (exact) mass is 250 g/mol. The van der Waals surface area contributed by atoms with E-state index in [-0.39, 0.29) is 12.5 Å². The maximum atomic E-state index is 12.0. The minimum Gasteiger partial charge on any atom is -0.347 e. The molecule has 0 spiro atoms. The van der Waals surface area contributed by atoms with Gasteiger partial charge in [-0.2, -0.15) is 0 Å². The second-order valence-corrected chi connectivity index (χ2v) is 5.27. The summed E-state index contributed by atoms with van der Waals surface area (Å²) in [5.41, 5.74) is 0. The van der Waals surface area contributed by atoms with E-state index in [4.69, 9.17) is 18.5 Å². The molecule has 0 atom stereocenters. The Morgan fingerprint density at radius 3 is 2.31 bits per heavy atom. The second-order valence-electron chi connectivity index (χ2n) is 3.17. The molecule has 1 rings (SSSR count). The molecule has 0 aromatic heterocycles. The summed E-state index contributed by atoms with van der Waals surface area (Å²) in [6.07, 6.45) is 3.38. The lowest BCUT2D eigenvalue weighted by Gasteiger charge is -2.15. The molecule has 1 heterocycles. The first kappa shape index (κ1) is 13.9. The van der Waals surface area contributed by atoms with Crippen molar-refractivity contribution in [1.82, 2.24) is 0 Å². The largest absolute Gasteiger partial charge is 0.347 e. The molecule has 1 saturated heterocycles. The standard InChI is InChI=1S/C10H19O5P/c1-3-14-16(11,15-4-2)9-5-6-10-12-7-8-13-10/h5-6,10H,3-4,7-9H2,1-2H3/b6-5+. The number of hydrogen-bond acceptors (Lipinski definition) is 5. The fraction of sp³-hybridized carbons (Fsp3) is 0.800. The van der Waals surface area contributed by atoms with Crippen molar-refractivity contribution in [1.29, 1.82) is 0 Å². The zero-order valence-electron chi connectivity index (χ0n) is 9.76. The summed E-state index contributed by atoms with van der Waals surface area (Å²) in [4.78, 5) is 0. The van der Waals surface area contributed by atoms with Crippen molar-refractivity contribution in [2.75, 3.05) is 32.6 Å². The van der Waals surface area contributed by atoms with E-state index in [2.05, 4.69) is 0 Å². The number of allylic oxidation sites excluding steroid dienone is 1. The first-order chi connectivity index (χ1) is 7.70. The van der Waals surface area contributed by atoms with E-state index in [1.165, 1.54) is 0 Å². The van der Waals surface area contributed by atoms with Crippen LogP contribution >= 0.6 is 7.60 Å². The van der Waals surface area contributed by atoms with Crippen LogP contribution in [0.4, 0.5) is 0 Å². The van der Waals surface area contributed by atoms with Gasteiger partial charge in [-0.1, -0.05) is 6.08 Å². The molecule has 1 aliphatic rings. The Morgan fingerprint density at radius 2 is 1.81 bits per heavy atom. The van der Waals surface area contributed by atoms with Crippen molar-refractivity contribution in [3.63, 3.8) is 0 Å². The van der Waals surface area contributed by atoms with Crippen LogP contribution in [0.1, 0.15) is 13.8 Å². The Morgan fingerprint density at radius 1 is 1.25 bits per heavy atom. The normalized spacial score (nSPS) is 18.6. The summed E-state index contributed by atoms with van der Waals surface area (Å²) in [5, 5.41) is 0. The molecule has 1 aliphatic heterocycles. The summed E-state index contributed by atoms with van der Waals surface area (Å²) < 4.78 is 32.7. The van der Waals surface area contributed by atoms with Gasteiger partial charge >= 0.3 is 7.60 Å². The van der Waals surface area contributed by atoms with Crippen LogP contribution in [0.15, 0.2) is 12.2 Å². The molecule has 0 saturated carbocycles. The third-order valence-electron chi connectivity index (χ3n) is 1.92. The van der Waals surface area contributed by atoms with Gasteiger partial charge in [0.15, 0.2) is 6.29 Å². The van der Waals surface area contributed by atoms with E-state index in [0.717, 1.165) is 0 Å². The molecule has 0 aromatic rings. The first-order valence-electron chi connectivity index (χ1n) is 5.48. The van der Waals surface area contributed by atoms with Crippen LogP contribution < -0.4 is 0 Å². The van der Waals surface area contributed by atoms with E-state index in [0.29, 0.717) is 26.4 Å². The van der Waals surface area contributed by atoms with E-state index in [9.17, 15) is 4.57 Å². The fourth-order valence-electron chi connectivity index (χ4n) is 1.32. The van der Waals surface area contributed by atoms with Crippen LogP contribution in [0, 0.1) is 0 Å². The molecule has 94 valence electrons. The van der Waals surface area contributed by atoms with Crippen LogP contribution in [-0.2, 0) is 23.1 Å². The van der Waals surface area contributed by atoms with Gasteiger partial charge in [0.1, 0.15) is 0 Å². The van der Waals surface area contributed by atoms with Crippen LogP contribution in [0.3, 0.4) is 0 Å². The van der Waals surface area contributed by atoms with Crippen molar-refractivity contribution >= 4 is 7.60 Å². The van der Waals surface area contributed by atoms with E-state index in [1.54, 1.807) is 26.0 Å². The molecule has 0 N–H and O–H groups in total. The third kappa shape index (κ3) is 4.76. The van der Waals surface area contributed by atoms with Crippen LogP contribution in [0.2, 0.25) is 0 Å². The van der Waals surface area contributed by atoms with Crippen LogP contribution in [0.5, 0.6) is 0 Å². The molecule has 6 heteroatoms. The summed E-state index contributed by atoms with van der Waals surface area (Å²) in [7, 11) is -2.97. The topological polar surface area (TPSA) is 54.0 Å². The Hall–Kier alpha value is -0.190. The molecule has 0 unspecified atom stereocenters. The maximum absolute atomic E-state index is 12.0. The van der Waals surface area contributed by atoms with Crippen molar-refractivity contribution < 1.29 is 23.1 Å². The highest BCUT2D eigenvalue weighted by molar-refractivity contribution is 7.54. The van der Waals surface area contributed by atoms with Gasteiger partial charge in [-0.15, -0.1) is 0 Å². The number of rotatable bonds is 7. The lowest BCUT2D eigenvalue weighted by molar-refractivity contribution is -0.00162. The van der Waals surface area contributed by atoms with E-state index in [1.807, 2.05) is 0 Å². The third-order valence-corrected chi connectivity index (χ3v) is 3.88. The van der Waals surface area contributed by atoms with Crippen molar-refractivity contribution in [3.8, 4) is 0 Å². The van der Waals surface area contributed by atoms with Crippen molar-refractivity contribution in [2.24, 2.45) is 0 Å². The Bertz CT molecular complexity index is 250. The number of ether oxygens (including phenoxy) is 2. The van der Waals surface area contributed by atoms with E-state index >= 15 is 0 Å².